The van der Waals surface area contributed by atoms with Gasteiger partial charge in [0.25, 0.3) is 0 Å². The van der Waals surface area contributed by atoms with E-state index in [-0.39, 0.29) is 0 Å². The number of rotatable bonds is 3. The van der Waals surface area contributed by atoms with Gasteiger partial charge in [0.05, 0.1) is 18.1 Å². The Labute approximate surface area is 155 Å². The van der Waals surface area contributed by atoms with Crippen LogP contribution in [0.5, 0.6) is 5.88 Å². The van der Waals surface area contributed by atoms with Gasteiger partial charge in [0.1, 0.15) is 0 Å². The van der Waals surface area contributed by atoms with Crippen LogP contribution in [0, 0.1) is 5.82 Å². The summed E-state index contributed by atoms with van der Waals surface area (Å²) >= 11 is 0. The van der Waals surface area contributed by atoms with E-state index in [1.807, 2.05) is 24.3 Å². The zero-order chi connectivity index (χ0) is 19.2. The predicted molar refractivity (Wildman–Crippen MR) is 99.1 cm³/mol. The van der Waals surface area contributed by atoms with Gasteiger partial charge in [0.2, 0.25) is 15.9 Å². The zero-order valence-corrected chi connectivity index (χ0v) is 15.4. The molecule has 0 spiro atoms. The van der Waals surface area contributed by atoms with Crippen LogP contribution in [0.4, 0.5) is 10.1 Å². The summed E-state index contributed by atoms with van der Waals surface area (Å²) in [5.74, 6) is -1.45. The average Bonchev–Trinajstić information content (AvgIpc) is 3.04. The van der Waals surface area contributed by atoms with Gasteiger partial charge in [-0.05, 0) is 30.3 Å². The fourth-order valence-corrected chi connectivity index (χ4v) is 4.02. The van der Waals surface area contributed by atoms with Crippen LogP contribution in [0.15, 0.2) is 36.5 Å². The minimum atomic E-state index is -3.15. The van der Waals surface area contributed by atoms with E-state index >= 15 is 0 Å². The van der Waals surface area contributed by atoms with Crippen LogP contribution < -0.4 is 4.90 Å². The van der Waals surface area contributed by atoms with Crippen molar-refractivity contribution in [2.45, 2.75) is 0 Å². The van der Waals surface area contributed by atoms with E-state index < -0.39 is 21.7 Å². The molecule has 2 aromatic heterocycles. The van der Waals surface area contributed by atoms with Crippen molar-refractivity contribution in [2.24, 2.45) is 0 Å². The van der Waals surface area contributed by atoms with E-state index in [0.29, 0.717) is 37.2 Å². The van der Waals surface area contributed by atoms with Crippen LogP contribution in [-0.2, 0) is 10.0 Å². The van der Waals surface area contributed by atoms with E-state index in [0.717, 1.165) is 11.4 Å². The molecule has 0 saturated carbocycles. The highest BCUT2D eigenvalue weighted by atomic mass is 32.2. The Hall–Kier alpha value is -2.72. The molecule has 8 nitrogen and oxygen atoms in total. The molecular formula is C17H18FN5O3S. The lowest BCUT2D eigenvalue weighted by Crippen LogP contribution is -2.48. The number of pyridine rings is 1. The van der Waals surface area contributed by atoms with Crippen molar-refractivity contribution < 1.29 is 17.9 Å². The number of benzene rings is 1. The second kappa shape index (κ2) is 6.46. The van der Waals surface area contributed by atoms with Crippen molar-refractivity contribution in [2.75, 3.05) is 37.3 Å². The minimum absolute atomic E-state index is 0.364. The van der Waals surface area contributed by atoms with Gasteiger partial charge in [-0.1, -0.05) is 0 Å². The summed E-state index contributed by atoms with van der Waals surface area (Å²) in [5.41, 5.74) is 2.07. The normalized spacial score (nSPS) is 16.1. The van der Waals surface area contributed by atoms with Gasteiger partial charge in [0.15, 0.2) is 11.5 Å². The molecule has 1 N–H and O–H groups in total. The summed E-state index contributed by atoms with van der Waals surface area (Å²) in [6.45, 7) is 2.15. The number of hydrogen-bond acceptors (Lipinski definition) is 6. The van der Waals surface area contributed by atoms with Crippen molar-refractivity contribution in [1.29, 1.82) is 0 Å². The molecule has 0 bridgehead atoms. The lowest BCUT2D eigenvalue weighted by molar-refractivity contribution is 0.388. The van der Waals surface area contributed by atoms with Crippen molar-refractivity contribution in [3.8, 4) is 11.6 Å². The topological polar surface area (TPSA) is 91.6 Å². The first-order chi connectivity index (χ1) is 12.8. The third-order valence-electron chi connectivity index (χ3n) is 4.65. The summed E-state index contributed by atoms with van der Waals surface area (Å²) in [7, 11) is -3.15. The molecular weight excluding hydrogens is 373 g/mol. The summed E-state index contributed by atoms with van der Waals surface area (Å²) in [6, 6.07) is 8.74. The molecule has 1 aromatic carbocycles. The Bertz CT molecular complexity index is 1090. The fourth-order valence-electron chi connectivity index (χ4n) is 3.19. The van der Waals surface area contributed by atoms with Gasteiger partial charge >= 0.3 is 0 Å². The second-order valence-electron chi connectivity index (χ2n) is 6.43. The molecule has 1 aliphatic heterocycles. The third kappa shape index (κ3) is 3.33. The molecule has 0 radical (unpaired) electrons. The van der Waals surface area contributed by atoms with Crippen molar-refractivity contribution >= 4 is 26.7 Å². The monoisotopic (exact) mass is 391 g/mol. The lowest BCUT2D eigenvalue weighted by Gasteiger charge is -2.34. The maximum Gasteiger partial charge on any atom is 0.250 e. The quantitative estimate of drug-likeness (QED) is 0.725. The number of hydrogen-bond donors (Lipinski definition) is 1. The van der Waals surface area contributed by atoms with E-state index in [4.69, 9.17) is 0 Å². The molecule has 142 valence electrons. The van der Waals surface area contributed by atoms with Crippen molar-refractivity contribution in [3.05, 3.63) is 42.3 Å². The molecule has 10 heteroatoms. The van der Waals surface area contributed by atoms with Crippen LogP contribution in [0.3, 0.4) is 0 Å². The Balaban J connectivity index is 1.56. The Morgan fingerprint density at radius 1 is 1.07 bits per heavy atom. The number of piperazine rings is 1. The Morgan fingerprint density at radius 2 is 1.70 bits per heavy atom. The number of aromatic hydroxyl groups is 1. The SMILES string of the molecule is CS(=O)(=O)N1CCN(c2ccc(-n3ncc4cc(F)c(O)nc43)cc2)CC1. The van der Waals surface area contributed by atoms with Crippen molar-refractivity contribution in [3.63, 3.8) is 0 Å². The molecule has 4 rings (SSSR count). The molecule has 3 heterocycles. The maximum absolute atomic E-state index is 13.4. The van der Waals surface area contributed by atoms with Crippen LogP contribution in [0.2, 0.25) is 0 Å². The molecule has 0 amide bonds. The summed E-state index contributed by atoms with van der Waals surface area (Å²) in [4.78, 5) is 5.98. The van der Waals surface area contributed by atoms with E-state index in [9.17, 15) is 17.9 Å². The first kappa shape index (κ1) is 17.7. The van der Waals surface area contributed by atoms with E-state index in [2.05, 4.69) is 15.0 Å². The smallest absolute Gasteiger partial charge is 0.250 e. The molecule has 3 aromatic rings. The van der Waals surface area contributed by atoms with Crippen LogP contribution >= 0.6 is 0 Å². The zero-order valence-electron chi connectivity index (χ0n) is 14.6. The average molecular weight is 391 g/mol. The number of fused-ring (bicyclic) bond motifs is 1. The molecule has 1 aliphatic rings. The lowest BCUT2D eigenvalue weighted by atomic mass is 10.2. The van der Waals surface area contributed by atoms with Gasteiger partial charge in [-0.15, -0.1) is 0 Å². The first-order valence-corrected chi connectivity index (χ1v) is 10.2. The molecule has 0 atom stereocenters. The van der Waals surface area contributed by atoms with Crippen LogP contribution in [0.25, 0.3) is 16.7 Å². The standard InChI is InChI=1S/C17H18FN5O3S/c1-27(25,26)22-8-6-21(7-9-22)13-2-4-14(5-3-13)23-16-12(11-19-23)10-15(18)17(24)20-16/h2-5,10-11H,6-9H2,1H3,(H,20,24). The fraction of sp³-hybridized carbons (Fsp3) is 0.294. The van der Waals surface area contributed by atoms with Crippen LogP contribution in [-0.4, -0.2) is 65.0 Å². The largest absolute Gasteiger partial charge is 0.491 e. The highest BCUT2D eigenvalue weighted by Gasteiger charge is 2.23. The van der Waals surface area contributed by atoms with Gasteiger partial charge in [-0.25, -0.2) is 17.5 Å². The molecule has 27 heavy (non-hydrogen) atoms. The number of anilines is 1. The molecule has 0 aliphatic carbocycles. The highest BCUT2D eigenvalue weighted by molar-refractivity contribution is 7.88. The molecule has 0 unspecified atom stereocenters. The first-order valence-electron chi connectivity index (χ1n) is 8.37. The molecule has 1 saturated heterocycles. The second-order valence-corrected chi connectivity index (χ2v) is 8.41. The molecule has 1 fully saturated rings. The van der Waals surface area contributed by atoms with Crippen LogP contribution in [0.1, 0.15) is 0 Å². The third-order valence-corrected chi connectivity index (χ3v) is 5.95. The summed E-state index contributed by atoms with van der Waals surface area (Å²) in [5, 5.41) is 14.2. The minimum Gasteiger partial charge on any atom is -0.491 e. The van der Waals surface area contributed by atoms with Gasteiger partial charge in [-0.3, -0.25) is 0 Å². The predicted octanol–water partition coefficient (Wildman–Crippen LogP) is 1.35. The summed E-state index contributed by atoms with van der Waals surface area (Å²) in [6.07, 6.45) is 2.72. The summed E-state index contributed by atoms with van der Waals surface area (Å²) < 4.78 is 39.6. The van der Waals surface area contributed by atoms with Gasteiger partial charge in [-0.2, -0.15) is 14.4 Å². The number of sulfonamides is 1. The number of aromatic nitrogens is 3. The van der Waals surface area contributed by atoms with Crippen molar-refractivity contribution in [1.82, 2.24) is 19.1 Å². The maximum atomic E-state index is 13.4. The highest BCUT2D eigenvalue weighted by Crippen LogP contribution is 2.24. The number of nitrogens with zero attached hydrogens (tertiary/aromatic N) is 5. The Morgan fingerprint density at radius 3 is 2.33 bits per heavy atom. The van der Waals surface area contributed by atoms with E-state index in [1.165, 1.54) is 27.5 Å². The van der Waals surface area contributed by atoms with Gasteiger partial charge < -0.3 is 10.0 Å². The van der Waals surface area contributed by atoms with Gasteiger partial charge in [0, 0.05) is 37.3 Å². The van der Waals surface area contributed by atoms with E-state index in [1.54, 1.807) is 0 Å². The Kier molecular flexibility index (Phi) is 4.23. The number of halogens is 1.